The van der Waals surface area contributed by atoms with Crippen molar-refractivity contribution in [1.29, 1.82) is 0 Å². The summed E-state index contributed by atoms with van der Waals surface area (Å²) in [5.41, 5.74) is 4.02. The van der Waals surface area contributed by atoms with Crippen LogP contribution in [-0.4, -0.2) is 5.91 Å². The van der Waals surface area contributed by atoms with Crippen LogP contribution in [0.25, 0.3) is 6.08 Å². The molecule has 21 heavy (non-hydrogen) atoms. The van der Waals surface area contributed by atoms with Crippen molar-refractivity contribution >= 4 is 35.2 Å². The van der Waals surface area contributed by atoms with Crippen LogP contribution in [0.2, 0.25) is 10.0 Å². The van der Waals surface area contributed by atoms with Crippen molar-refractivity contribution in [3.63, 3.8) is 0 Å². The van der Waals surface area contributed by atoms with Crippen molar-refractivity contribution in [3.05, 3.63) is 75.8 Å². The molecule has 0 aromatic heterocycles. The van der Waals surface area contributed by atoms with Crippen LogP contribution < -0.4 is 5.48 Å². The van der Waals surface area contributed by atoms with Crippen molar-refractivity contribution < 1.29 is 9.63 Å². The van der Waals surface area contributed by atoms with Gasteiger partial charge in [0.15, 0.2) is 0 Å². The molecule has 0 atom stereocenters. The monoisotopic (exact) mass is 321 g/mol. The molecule has 0 radical (unpaired) electrons. The van der Waals surface area contributed by atoms with Crippen molar-refractivity contribution in [2.24, 2.45) is 0 Å². The summed E-state index contributed by atoms with van der Waals surface area (Å²) in [6.45, 7) is 0.308. The number of benzene rings is 2. The number of nitrogens with one attached hydrogen (secondary N) is 1. The summed E-state index contributed by atoms with van der Waals surface area (Å²) in [5, 5.41) is 1.03. The molecule has 0 aliphatic rings. The summed E-state index contributed by atoms with van der Waals surface area (Å²) in [4.78, 5) is 16.7. The molecule has 0 bridgehead atoms. The summed E-state index contributed by atoms with van der Waals surface area (Å²) in [5.74, 6) is -0.364. The van der Waals surface area contributed by atoms with Crippen LogP contribution >= 0.6 is 23.2 Å². The van der Waals surface area contributed by atoms with Gasteiger partial charge >= 0.3 is 0 Å². The largest absolute Gasteiger partial charge is 0.269 e. The number of carbonyl (C=O) groups excluding carboxylic acids is 1. The highest BCUT2D eigenvalue weighted by molar-refractivity contribution is 6.35. The van der Waals surface area contributed by atoms with E-state index in [0.717, 1.165) is 5.56 Å². The molecule has 2 aromatic carbocycles. The average molecular weight is 322 g/mol. The summed E-state index contributed by atoms with van der Waals surface area (Å²) >= 11 is 11.8. The van der Waals surface area contributed by atoms with Gasteiger partial charge in [0.25, 0.3) is 5.91 Å². The maximum Gasteiger partial charge on any atom is 0.267 e. The predicted octanol–water partition coefficient (Wildman–Crippen LogP) is 4.25. The van der Waals surface area contributed by atoms with Gasteiger partial charge in [-0.2, -0.15) is 0 Å². The second-order valence-electron chi connectivity index (χ2n) is 4.24. The molecule has 108 valence electrons. The molecule has 0 saturated heterocycles. The van der Waals surface area contributed by atoms with Crippen LogP contribution in [0.15, 0.2) is 54.6 Å². The van der Waals surface area contributed by atoms with Crippen LogP contribution in [0.1, 0.15) is 11.1 Å². The highest BCUT2D eigenvalue weighted by Crippen LogP contribution is 2.21. The first-order valence-corrected chi connectivity index (χ1v) is 6.99. The van der Waals surface area contributed by atoms with Crippen molar-refractivity contribution in [3.8, 4) is 0 Å². The Morgan fingerprint density at radius 1 is 1.14 bits per heavy atom. The number of hydrogen-bond donors (Lipinski definition) is 1. The molecule has 0 heterocycles. The maximum atomic E-state index is 11.6. The quantitative estimate of drug-likeness (QED) is 0.660. The molecule has 2 rings (SSSR count). The molecule has 1 amide bonds. The number of hydroxylamine groups is 1. The van der Waals surface area contributed by atoms with Crippen molar-refractivity contribution in [2.45, 2.75) is 6.61 Å². The Morgan fingerprint density at radius 2 is 1.90 bits per heavy atom. The van der Waals surface area contributed by atoms with Crippen LogP contribution in [-0.2, 0) is 16.2 Å². The van der Waals surface area contributed by atoms with E-state index in [-0.39, 0.29) is 5.91 Å². The Labute approximate surface area is 133 Å². The highest BCUT2D eigenvalue weighted by Gasteiger charge is 2.00. The number of hydrogen-bond acceptors (Lipinski definition) is 2. The fraction of sp³-hybridized carbons (Fsp3) is 0.0625. The topological polar surface area (TPSA) is 38.3 Å². The lowest BCUT2D eigenvalue weighted by atomic mass is 10.2. The Hall–Kier alpha value is -1.81. The van der Waals surface area contributed by atoms with Gasteiger partial charge in [0.2, 0.25) is 0 Å². The Kier molecular flexibility index (Phi) is 5.81. The molecular weight excluding hydrogens is 309 g/mol. The van der Waals surface area contributed by atoms with E-state index in [9.17, 15) is 4.79 Å². The van der Waals surface area contributed by atoms with E-state index in [1.165, 1.54) is 6.08 Å². The molecular formula is C16H13Cl2NO2. The number of amides is 1. The molecule has 5 heteroatoms. The SMILES string of the molecule is O=C(C=Cc1ccc(Cl)cc1Cl)NOCc1ccccc1. The molecule has 0 spiro atoms. The maximum absolute atomic E-state index is 11.6. The van der Waals surface area contributed by atoms with E-state index >= 15 is 0 Å². The van der Waals surface area contributed by atoms with Gasteiger partial charge in [0.05, 0.1) is 6.61 Å². The van der Waals surface area contributed by atoms with Gasteiger partial charge < -0.3 is 0 Å². The van der Waals surface area contributed by atoms with E-state index in [2.05, 4.69) is 5.48 Å². The zero-order chi connectivity index (χ0) is 15.1. The Bertz CT molecular complexity index is 642. The Balaban J connectivity index is 1.82. The second kappa shape index (κ2) is 7.84. The van der Waals surface area contributed by atoms with Crippen LogP contribution in [0.3, 0.4) is 0 Å². The second-order valence-corrected chi connectivity index (χ2v) is 5.08. The van der Waals surface area contributed by atoms with Gasteiger partial charge in [-0.15, -0.1) is 0 Å². The standard InChI is InChI=1S/C16H13Cl2NO2/c17-14-8-6-13(15(18)10-14)7-9-16(20)19-21-11-12-4-2-1-3-5-12/h1-10H,11H2,(H,19,20). The summed E-state index contributed by atoms with van der Waals surface area (Å²) in [6.07, 6.45) is 2.94. The zero-order valence-corrected chi connectivity index (χ0v) is 12.6. The fourth-order valence-corrected chi connectivity index (χ4v) is 2.07. The summed E-state index contributed by atoms with van der Waals surface area (Å²) in [6, 6.07) is 14.6. The number of carbonyl (C=O) groups is 1. The first kappa shape index (κ1) is 15.6. The van der Waals surface area contributed by atoms with Gasteiger partial charge in [0.1, 0.15) is 0 Å². The third kappa shape index (κ3) is 5.23. The molecule has 0 fully saturated rings. The Morgan fingerprint density at radius 3 is 2.62 bits per heavy atom. The van der Waals surface area contributed by atoms with E-state index in [0.29, 0.717) is 22.2 Å². The third-order valence-electron chi connectivity index (χ3n) is 2.63. The molecule has 0 aliphatic heterocycles. The minimum Gasteiger partial charge on any atom is -0.269 e. The van der Waals surface area contributed by atoms with E-state index < -0.39 is 0 Å². The summed E-state index contributed by atoms with van der Waals surface area (Å²) < 4.78 is 0. The van der Waals surface area contributed by atoms with Crippen molar-refractivity contribution in [2.75, 3.05) is 0 Å². The minimum atomic E-state index is -0.364. The van der Waals surface area contributed by atoms with Gasteiger partial charge in [-0.3, -0.25) is 9.63 Å². The third-order valence-corrected chi connectivity index (χ3v) is 3.19. The number of rotatable bonds is 5. The first-order valence-electron chi connectivity index (χ1n) is 6.24. The molecule has 1 N–H and O–H groups in total. The highest BCUT2D eigenvalue weighted by atomic mass is 35.5. The molecule has 0 unspecified atom stereocenters. The van der Waals surface area contributed by atoms with Crippen LogP contribution in [0.5, 0.6) is 0 Å². The van der Waals surface area contributed by atoms with E-state index in [4.69, 9.17) is 28.0 Å². The molecule has 0 saturated carbocycles. The lowest BCUT2D eigenvalue weighted by Gasteiger charge is -2.03. The first-order chi connectivity index (χ1) is 10.1. The van der Waals surface area contributed by atoms with Crippen LogP contribution in [0.4, 0.5) is 0 Å². The molecule has 3 nitrogen and oxygen atoms in total. The van der Waals surface area contributed by atoms with Gasteiger partial charge in [0, 0.05) is 16.1 Å². The molecule has 2 aromatic rings. The zero-order valence-electron chi connectivity index (χ0n) is 11.1. The van der Waals surface area contributed by atoms with Gasteiger partial charge in [-0.25, -0.2) is 5.48 Å². The predicted molar refractivity (Wildman–Crippen MR) is 84.9 cm³/mol. The van der Waals surface area contributed by atoms with Crippen molar-refractivity contribution in [1.82, 2.24) is 5.48 Å². The smallest absolute Gasteiger partial charge is 0.267 e. The number of halogens is 2. The van der Waals surface area contributed by atoms with Gasteiger partial charge in [-0.05, 0) is 29.3 Å². The average Bonchev–Trinajstić information content (AvgIpc) is 2.47. The minimum absolute atomic E-state index is 0.308. The lowest BCUT2D eigenvalue weighted by molar-refractivity contribution is -0.129. The lowest BCUT2D eigenvalue weighted by Crippen LogP contribution is -2.21. The van der Waals surface area contributed by atoms with E-state index in [1.807, 2.05) is 30.3 Å². The normalized spacial score (nSPS) is 10.8. The molecule has 0 aliphatic carbocycles. The van der Waals surface area contributed by atoms with Crippen LogP contribution in [0, 0.1) is 0 Å². The fourth-order valence-electron chi connectivity index (χ4n) is 1.60. The van der Waals surface area contributed by atoms with Gasteiger partial charge in [-0.1, -0.05) is 59.6 Å². The van der Waals surface area contributed by atoms with E-state index in [1.54, 1.807) is 24.3 Å². The summed E-state index contributed by atoms with van der Waals surface area (Å²) in [7, 11) is 0.